The topological polar surface area (TPSA) is 68.8 Å². The van der Waals surface area contributed by atoms with Crippen LogP contribution in [-0.2, 0) is 11.3 Å². The van der Waals surface area contributed by atoms with Crippen molar-refractivity contribution in [3.05, 3.63) is 45.7 Å². The highest BCUT2D eigenvalue weighted by molar-refractivity contribution is 5.79. The number of pyridine rings is 1. The molecule has 1 aromatic carbocycles. The molecule has 2 aliphatic rings. The van der Waals surface area contributed by atoms with Gasteiger partial charge in [0.05, 0.1) is 25.4 Å². The van der Waals surface area contributed by atoms with E-state index < -0.39 is 0 Å². The number of rotatable bonds is 3. The average Bonchev–Trinajstić information content (AvgIpc) is 2.91. The first kappa shape index (κ1) is 17.7. The van der Waals surface area contributed by atoms with Crippen LogP contribution in [0.1, 0.15) is 17.5 Å². The van der Waals surface area contributed by atoms with Gasteiger partial charge in [-0.15, -0.1) is 0 Å². The number of aryl methyl sites for hydroxylation is 1. The number of aliphatic hydroxyl groups excluding tert-OH is 1. The predicted molar refractivity (Wildman–Crippen MR) is 101 cm³/mol. The summed E-state index contributed by atoms with van der Waals surface area (Å²) in [5.74, 6) is 0. The molecule has 6 heteroatoms. The standard InChI is InChI=1S/C20H27N3O3/c1-14-3-4-17-15(9-14)10-16(20(25)21-17)11-22-5-2-6-23(8-7-22)18-12-26-13-19(18)24/h3-4,9-10,18-19,24H,2,5-8,11-13H2,1H3,(H,21,25)/t18-,19-/m0/s1. The van der Waals surface area contributed by atoms with E-state index in [4.69, 9.17) is 4.74 Å². The summed E-state index contributed by atoms with van der Waals surface area (Å²) in [6.45, 7) is 7.51. The lowest BCUT2D eigenvalue weighted by Crippen LogP contribution is -2.44. The molecule has 0 aliphatic carbocycles. The number of nitrogens with one attached hydrogen (secondary N) is 1. The van der Waals surface area contributed by atoms with Crippen LogP contribution in [0.5, 0.6) is 0 Å². The van der Waals surface area contributed by atoms with E-state index in [-0.39, 0.29) is 17.7 Å². The quantitative estimate of drug-likeness (QED) is 0.861. The molecule has 2 aliphatic heterocycles. The lowest BCUT2D eigenvalue weighted by Gasteiger charge is -2.28. The molecule has 0 unspecified atom stereocenters. The fourth-order valence-electron chi connectivity index (χ4n) is 4.09. The van der Waals surface area contributed by atoms with Gasteiger partial charge in [0.1, 0.15) is 0 Å². The van der Waals surface area contributed by atoms with Crippen molar-refractivity contribution in [3.63, 3.8) is 0 Å². The Bertz CT molecular complexity index is 835. The number of hydrogen-bond donors (Lipinski definition) is 2. The molecule has 0 radical (unpaired) electrons. The van der Waals surface area contributed by atoms with Crippen LogP contribution in [0.4, 0.5) is 0 Å². The molecule has 26 heavy (non-hydrogen) atoms. The summed E-state index contributed by atoms with van der Waals surface area (Å²) in [5.41, 5.74) is 2.91. The maximum atomic E-state index is 12.5. The second-order valence-corrected chi connectivity index (χ2v) is 7.55. The highest BCUT2D eigenvalue weighted by Crippen LogP contribution is 2.18. The van der Waals surface area contributed by atoms with Crippen LogP contribution in [0.2, 0.25) is 0 Å². The average molecular weight is 357 g/mol. The Morgan fingerprint density at radius 1 is 1.19 bits per heavy atom. The third-order valence-corrected chi connectivity index (χ3v) is 5.58. The van der Waals surface area contributed by atoms with E-state index in [0.29, 0.717) is 19.8 Å². The molecule has 6 nitrogen and oxygen atoms in total. The monoisotopic (exact) mass is 357 g/mol. The van der Waals surface area contributed by atoms with Crippen molar-refractivity contribution in [2.75, 3.05) is 39.4 Å². The van der Waals surface area contributed by atoms with E-state index in [0.717, 1.165) is 49.1 Å². The lowest BCUT2D eigenvalue weighted by molar-refractivity contribution is 0.0837. The van der Waals surface area contributed by atoms with Crippen molar-refractivity contribution in [3.8, 4) is 0 Å². The van der Waals surface area contributed by atoms with Gasteiger partial charge in [0.25, 0.3) is 5.56 Å². The normalized spacial score (nSPS) is 25.6. The number of nitrogens with zero attached hydrogens (tertiary/aromatic N) is 2. The van der Waals surface area contributed by atoms with Gasteiger partial charge in [-0.05, 0) is 50.0 Å². The summed E-state index contributed by atoms with van der Waals surface area (Å²) in [6.07, 6.45) is 0.654. The molecule has 0 amide bonds. The number of ether oxygens (including phenoxy) is 1. The van der Waals surface area contributed by atoms with Crippen molar-refractivity contribution >= 4 is 10.9 Å². The van der Waals surface area contributed by atoms with Gasteiger partial charge in [0, 0.05) is 30.7 Å². The van der Waals surface area contributed by atoms with Gasteiger partial charge < -0.3 is 14.8 Å². The van der Waals surface area contributed by atoms with E-state index in [2.05, 4.69) is 27.8 Å². The first-order chi connectivity index (χ1) is 12.6. The molecular weight excluding hydrogens is 330 g/mol. The van der Waals surface area contributed by atoms with Gasteiger partial charge in [-0.2, -0.15) is 0 Å². The van der Waals surface area contributed by atoms with Crippen molar-refractivity contribution in [1.29, 1.82) is 0 Å². The molecule has 2 aromatic rings. The third kappa shape index (κ3) is 3.69. The molecule has 140 valence electrons. The maximum absolute atomic E-state index is 12.5. The highest BCUT2D eigenvalue weighted by atomic mass is 16.5. The minimum Gasteiger partial charge on any atom is -0.389 e. The van der Waals surface area contributed by atoms with Crippen molar-refractivity contribution < 1.29 is 9.84 Å². The second-order valence-electron chi connectivity index (χ2n) is 7.55. The summed E-state index contributed by atoms with van der Waals surface area (Å²) in [5, 5.41) is 11.2. The minimum absolute atomic E-state index is 0.00192. The molecule has 4 rings (SSSR count). The fourth-order valence-corrected chi connectivity index (χ4v) is 4.09. The zero-order chi connectivity index (χ0) is 18.1. The molecule has 2 N–H and O–H groups in total. The molecule has 0 spiro atoms. The molecule has 2 atom stereocenters. The number of fused-ring (bicyclic) bond motifs is 1. The van der Waals surface area contributed by atoms with Gasteiger partial charge in [0.15, 0.2) is 0 Å². The van der Waals surface area contributed by atoms with E-state index >= 15 is 0 Å². The van der Waals surface area contributed by atoms with Crippen LogP contribution in [0.3, 0.4) is 0 Å². The SMILES string of the molecule is Cc1ccc2[nH]c(=O)c(CN3CCCN([C@H]4COC[C@@H]4O)CC3)cc2c1. The molecule has 1 aromatic heterocycles. The zero-order valence-electron chi connectivity index (χ0n) is 15.3. The van der Waals surface area contributed by atoms with E-state index in [1.54, 1.807) is 0 Å². The first-order valence-electron chi connectivity index (χ1n) is 9.45. The second kappa shape index (κ2) is 7.48. The van der Waals surface area contributed by atoms with Gasteiger partial charge in [-0.3, -0.25) is 14.6 Å². The number of aliphatic hydroxyl groups is 1. The van der Waals surface area contributed by atoms with Gasteiger partial charge in [0.2, 0.25) is 0 Å². The lowest BCUT2D eigenvalue weighted by atomic mass is 10.1. The van der Waals surface area contributed by atoms with Crippen molar-refractivity contribution in [2.45, 2.75) is 32.0 Å². The number of benzene rings is 1. The molecule has 2 saturated heterocycles. The Balaban J connectivity index is 1.46. The van der Waals surface area contributed by atoms with Gasteiger partial charge in [-0.1, -0.05) is 11.6 Å². The molecule has 3 heterocycles. The van der Waals surface area contributed by atoms with Crippen LogP contribution < -0.4 is 5.56 Å². The number of H-pyrrole nitrogens is 1. The van der Waals surface area contributed by atoms with Crippen LogP contribution >= 0.6 is 0 Å². The molecule has 0 saturated carbocycles. The predicted octanol–water partition coefficient (Wildman–Crippen LogP) is 1.10. The summed E-state index contributed by atoms with van der Waals surface area (Å²) in [7, 11) is 0. The van der Waals surface area contributed by atoms with Crippen LogP contribution in [0.15, 0.2) is 29.1 Å². The van der Waals surface area contributed by atoms with E-state index in [1.807, 2.05) is 18.2 Å². The third-order valence-electron chi connectivity index (χ3n) is 5.58. The molecule has 0 bridgehead atoms. The maximum Gasteiger partial charge on any atom is 0.252 e. The first-order valence-corrected chi connectivity index (χ1v) is 9.45. The molecule has 2 fully saturated rings. The summed E-state index contributed by atoms with van der Waals surface area (Å²) >= 11 is 0. The smallest absolute Gasteiger partial charge is 0.252 e. The van der Waals surface area contributed by atoms with Crippen LogP contribution in [0.25, 0.3) is 10.9 Å². The van der Waals surface area contributed by atoms with E-state index in [9.17, 15) is 9.90 Å². The van der Waals surface area contributed by atoms with Crippen molar-refractivity contribution in [2.24, 2.45) is 0 Å². The minimum atomic E-state index is -0.381. The van der Waals surface area contributed by atoms with Gasteiger partial charge >= 0.3 is 0 Å². The van der Waals surface area contributed by atoms with Crippen LogP contribution in [-0.4, -0.2) is 71.4 Å². The summed E-state index contributed by atoms with van der Waals surface area (Å²) < 4.78 is 5.40. The Kier molecular flexibility index (Phi) is 5.09. The fraction of sp³-hybridized carbons (Fsp3) is 0.550. The number of hydrogen-bond acceptors (Lipinski definition) is 5. The summed E-state index contributed by atoms with van der Waals surface area (Å²) in [6, 6.07) is 8.23. The number of aromatic nitrogens is 1. The Hall–Kier alpha value is -1.73. The Labute approximate surface area is 153 Å². The van der Waals surface area contributed by atoms with Gasteiger partial charge in [-0.25, -0.2) is 0 Å². The van der Waals surface area contributed by atoms with Crippen LogP contribution in [0, 0.1) is 6.92 Å². The molecular formula is C20H27N3O3. The van der Waals surface area contributed by atoms with E-state index in [1.165, 1.54) is 5.56 Å². The Morgan fingerprint density at radius 2 is 2.08 bits per heavy atom. The zero-order valence-corrected chi connectivity index (χ0v) is 15.3. The van der Waals surface area contributed by atoms with Crippen molar-refractivity contribution in [1.82, 2.24) is 14.8 Å². The highest BCUT2D eigenvalue weighted by Gasteiger charge is 2.32. The Morgan fingerprint density at radius 3 is 2.88 bits per heavy atom. The summed E-state index contributed by atoms with van der Waals surface area (Å²) in [4.78, 5) is 20.1. The number of aromatic amines is 1. The largest absolute Gasteiger partial charge is 0.389 e.